The molecule has 0 saturated heterocycles. The third-order valence-electron chi connectivity index (χ3n) is 2.82. The van der Waals surface area contributed by atoms with Gasteiger partial charge >= 0.3 is 11.9 Å². The molecule has 0 bridgehead atoms. The Morgan fingerprint density at radius 3 is 2.45 bits per heavy atom. The summed E-state index contributed by atoms with van der Waals surface area (Å²) >= 11 is 0. The summed E-state index contributed by atoms with van der Waals surface area (Å²) in [6.07, 6.45) is 1.44. The number of nitrogens with zero attached hydrogens (tertiary/aromatic N) is 1. The second-order valence-corrected chi connectivity index (χ2v) is 4.04. The lowest BCUT2D eigenvalue weighted by molar-refractivity contribution is 0.0685. The quantitative estimate of drug-likeness (QED) is 0.781. The molecule has 2 aromatic rings. The minimum absolute atomic E-state index is 0.00900. The average Bonchev–Trinajstić information content (AvgIpc) is 2.46. The number of hydrogen-bond acceptors (Lipinski definition) is 4. The molecule has 102 valence electrons. The summed E-state index contributed by atoms with van der Waals surface area (Å²) in [6.45, 7) is -0.411. The van der Waals surface area contributed by atoms with Crippen LogP contribution in [0.1, 0.15) is 26.3 Å². The van der Waals surface area contributed by atoms with E-state index in [0.29, 0.717) is 11.1 Å². The number of aromatic nitrogens is 1. The van der Waals surface area contributed by atoms with Crippen molar-refractivity contribution in [3.63, 3.8) is 0 Å². The van der Waals surface area contributed by atoms with E-state index in [4.69, 9.17) is 10.2 Å². The third-order valence-corrected chi connectivity index (χ3v) is 2.82. The van der Waals surface area contributed by atoms with Gasteiger partial charge in [0, 0.05) is 11.8 Å². The molecule has 1 heterocycles. The molecule has 0 unspecified atom stereocenters. The Kier molecular flexibility index (Phi) is 3.76. The molecule has 0 amide bonds. The first-order chi connectivity index (χ1) is 9.54. The molecule has 0 aliphatic carbocycles. The number of pyridine rings is 1. The molecular formula is C14H11NO5. The van der Waals surface area contributed by atoms with Crippen molar-refractivity contribution in [3.8, 4) is 11.3 Å². The van der Waals surface area contributed by atoms with Crippen LogP contribution in [0.4, 0.5) is 0 Å². The lowest BCUT2D eigenvalue weighted by atomic mass is 9.98. The van der Waals surface area contributed by atoms with Crippen LogP contribution in [0.3, 0.4) is 0 Å². The van der Waals surface area contributed by atoms with E-state index >= 15 is 0 Å². The van der Waals surface area contributed by atoms with Gasteiger partial charge in [-0.25, -0.2) is 9.59 Å². The fourth-order valence-corrected chi connectivity index (χ4v) is 1.88. The second-order valence-electron chi connectivity index (χ2n) is 4.04. The van der Waals surface area contributed by atoms with Crippen molar-refractivity contribution >= 4 is 11.9 Å². The molecule has 0 saturated carbocycles. The molecule has 3 N–H and O–H groups in total. The Hall–Kier alpha value is -2.73. The van der Waals surface area contributed by atoms with Gasteiger partial charge in [0.15, 0.2) is 0 Å². The van der Waals surface area contributed by atoms with Gasteiger partial charge in [0.1, 0.15) is 0 Å². The van der Waals surface area contributed by atoms with Crippen LogP contribution in [0.2, 0.25) is 0 Å². The maximum atomic E-state index is 11.2. The van der Waals surface area contributed by atoms with Gasteiger partial charge in [0.2, 0.25) is 0 Å². The average molecular weight is 273 g/mol. The van der Waals surface area contributed by atoms with Crippen molar-refractivity contribution < 1.29 is 24.9 Å². The van der Waals surface area contributed by atoms with Gasteiger partial charge in [-0.3, -0.25) is 4.98 Å². The van der Waals surface area contributed by atoms with Gasteiger partial charge in [0.05, 0.1) is 23.4 Å². The summed E-state index contributed by atoms with van der Waals surface area (Å²) in [5.41, 5.74) is 0.915. The summed E-state index contributed by atoms with van der Waals surface area (Å²) in [5.74, 6) is -2.26. The highest BCUT2D eigenvalue weighted by Crippen LogP contribution is 2.26. The molecule has 1 aromatic carbocycles. The first-order valence-corrected chi connectivity index (χ1v) is 5.70. The van der Waals surface area contributed by atoms with Crippen molar-refractivity contribution in [3.05, 3.63) is 53.2 Å². The smallest absolute Gasteiger partial charge is 0.337 e. The minimum Gasteiger partial charge on any atom is -0.478 e. The maximum absolute atomic E-state index is 11.2. The predicted molar refractivity (Wildman–Crippen MR) is 69.5 cm³/mol. The number of aliphatic hydroxyl groups is 1. The Bertz CT molecular complexity index is 681. The van der Waals surface area contributed by atoms with Crippen LogP contribution in [-0.4, -0.2) is 32.2 Å². The molecule has 0 aliphatic rings. The van der Waals surface area contributed by atoms with E-state index in [9.17, 15) is 14.7 Å². The molecule has 0 atom stereocenters. The van der Waals surface area contributed by atoms with E-state index in [1.807, 2.05) is 0 Å². The molecular weight excluding hydrogens is 262 g/mol. The number of carbonyl (C=O) groups is 2. The van der Waals surface area contributed by atoms with Crippen LogP contribution in [-0.2, 0) is 6.61 Å². The van der Waals surface area contributed by atoms with E-state index < -0.39 is 18.5 Å². The van der Waals surface area contributed by atoms with Crippen molar-refractivity contribution in [2.24, 2.45) is 0 Å². The normalized spacial score (nSPS) is 10.2. The van der Waals surface area contributed by atoms with Crippen LogP contribution in [0, 0.1) is 0 Å². The van der Waals surface area contributed by atoms with E-state index in [2.05, 4.69) is 4.98 Å². The van der Waals surface area contributed by atoms with Gasteiger partial charge in [0.25, 0.3) is 0 Å². The standard InChI is InChI=1S/C14H11NO5/c16-7-9-6-8(13(17)18)3-4-10(9)12-11(14(19)20)2-1-5-15-12/h1-6,16H,7H2,(H,17,18)(H,19,20). The molecule has 1 aromatic heterocycles. The molecule has 20 heavy (non-hydrogen) atoms. The Morgan fingerprint density at radius 1 is 1.10 bits per heavy atom. The van der Waals surface area contributed by atoms with Gasteiger partial charge in [-0.1, -0.05) is 6.07 Å². The summed E-state index contributed by atoms with van der Waals surface area (Å²) < 4.78 is 0. The Labute approximate surface area is 114 Å². The number of aliphatic hydroxyl groups excluding tert-OH is 1. The molecule has 6 heteroatoms. The Morgan fingerprint density at radius 2 is 1.85 bits per heavy atom. The molecule has 0 radical (unpaired) electrons. The molecule has 6 nitrogen and oxygen atoms in total. The van der Waals surface area contributed by atoms with E-state index in [0.717, 1.165) is 0 Å². The van der Waals surface area contributed by atoms with Crippen molar-refractivity contribution in [2.45, 2.75) is 6.61 Å². The lowest BCUT2D eigenvalue weighted by Gasteiger charge is -2.10. The Balaban J connectivity index is 2.64. The third kappa shape index (κ3) is 2.50. The zero-order valence-electron chi connectivity index (χ0n) is 10.3. The monoisotopic (exact) mass is 273 g/mol. The maximum Gasteiger partial charge on any atom is 0.337 e. The largest absolute Gasteiger partial charge is 0.478 e. The highest BCUT2D eigenvalue weighted by Gasteiger charge is 2.16. The lowest BCUT2D eigenvalue weighted by Crippen LogP contribution is -2.04. The second kappa shape index (κ2) is 5.50. The number of aromatic carboxylic acids is 2. The number of rotatable bonds is 4. The summed E-state index contributed by atoms with van der Waals surface area (Å²) in [4.78, 5) is 26.1. The van der Waals surface area contributed by atoms with E-state index in [1.165, 1.54) is 36.5 Å². The van der Waals surface area contributed by atoms with Crippen molar-refractivity contribution in [2.75, 3.05) is 0 Å². The number of benzene rings is 1. The number of hydrogen-bond donors (Lipinski definition) is 3. The zero-order chi connectivity index (χ0) is 14.7. The van der Waals surface area contributed by atoms with Gasteiger partial charge in [-0.15, -0.1) is 0 Å². The fraction of sp³-hybridized carbons (Fsp3) is 0.0714. The first-order valence-electron chi connectivity index (χ1n) is 5.70. The topological polar surface area (TPSA) is 108 Å². The molecule has 2 rings (SSSR count). The molecule has 0 fully saturated rings. The predicted octanol–water partition coefficient (Wildman–Crippen LogP) is 1.64. The molecule has 0 aliphatic heterocycles. The van der Waals surface area contributed by atoms with Crippen LogP contribution >= 0.6 is 0 Å². The fourth-order valence-electron chi connectivity index (χ4n) is 1.88. The van der Waals surface area contributed by atoms with E-state index in [1.54, 1.807) is 0 Å². The number of carboxylic acid groups (broad SMARTS) is 2. The van der Waals surface area contributed by atoms with Crippen molar-refractivity contribution in [1.82, 2.24) is 4.98 Å². The first kappa shape index (κ1) is 13.7. The summed E-state index contributed by atoms with van der Waals surface area (Å²) in [7, 11) is 0. The summed E-state index contributed by atoms with van der Waals surface area (Å²) in [5, 5.41) is 27.4. The van der Waals surface area contributed by atoms with Crippen LogP contribution in [0.25, 0.3) is 11.3 Å². The highest BCUT2D eigenvalue weighted by molar-refractivity contribution is 5.96. The highest BCUT2D eigenvalue weighted by atomic mass is 16.4. The van der Waals surface area contributed by atoms with Gasteiger partial charge in [-0.2, -0.15) is 0 Å². The van der Waals surface area contributed by atoms with Crippen LogP contribution in [0.5, 0.6) is 0 Å². The zero-order valence-corrected chi connectivity index (χ0v) is 10.3. The van der Waals surface area contributed by atoms with Gasteiger partial charge < -0.3 is 15.3 Å². The van der Waals surface area contributed by atoms with Crippen LogP contribution < -0.4 is 0 Å². The SMILES string of the molecule is O=C(O)c1ccc(-c2ncccc2C(=O)O)c(CO)c1. The van der Waals surface area contributed by atoms with E-state index in [-0.39, 0.29) is 16.8 Å². The van der Waals surface area contributed by atoms with Gasteiger partial charge in [-0.05, 0) is 29.8 Å². The minimum atomic E-state index is -1.14. The number of carboxylic acids is 2. The summed E-state index contributed by atoms with van der Waals surface area (Å²) in [6, 6.07) is 6.99. The van der Waals surface area contributed by atoms with Crippen LogP contribution in [0.15, 0.2) is 36.5 Å². The van der Waals surface area contributed by atoms with Crippen molar-refractivity contribution in [1.29, 1.82) is 0 Å². The molecule has 0 spiro atoms.